The highest BCUT2D eigenvalue weighted by atomic mass is 79.9. The number of nitrogens with zero attached hydrogens (tertiary/aromatic N) is 2. The number of anilines is 1. The van der Waals surface area contributed by atoms with E-state index in [-0.39, 0.29) is 6.54 Å². The van der Waals surface area contributed by atoms with Crippen molar-refractivity contribution in [1.82, 2.24) is 4.98 Å². The van der Waals surface area contributed by atoms with Crippen molar-refractivity contribution in [2.45, 2.75) is 19.5 Å². The Labute approximate surface area is 101 Å². The molecule has 0 saturated carbocycles. The molecule has 1 heterocycles. The first-order valence-electron chi connectivity index (χ1n) is 4.70. The zero-order chi connectivity index (χ0) is 12.3. The Morgan fingerprint density at radius 1 is 1.44 bits per heavy atom. The highest BCUT2D eigenvalue weighted by Crippen LogP contribution is 2.27. The molecule has 0 atom stereocenters. The normalized spacial score (nSPS) is 11.6. The molecule has 0 aliphatic rings. The molecular formula is C10H12BrF3N2. The van der Waals surface area contributed by atoms with E-state index in [4.69, 9.17) is 0 Å². The van der Waals surface area contributed by atoms with Crippen LogP contribution in [0.4, 0.5) is 19.0 Å². The Kier molecular flexibility index (Phi) is 4.18. The highest BCUT2D eigenvalue weighted by Gasteiger charge is 2.27. The molecule has 16 heavy (non-hydrogen) atoms. The largest absolute Gasteiger partial charge is 0.390 e. The molecule has 0 radical (unpaired) electrons. The molecular weight excluding hydrogens is 285 g/mol. The number of aryl methyl sites for hydroxylation is 1. The van der Waals surface area contributed by atoms with Crippen molar-refractivity contribution in [3.63, 3.8) is 0 Å². The number of rotatable bonds is 3. The van der Waals surface area contributed by atoms with E-state index in [9.17, 15) is 13.2 Å². The Morgan fingerprint density at radius 2 is 2.06 bits per heavy atom. The van der Waals surface area contributed by atoms with Crippen molar-refractivity contribution >= 4 is 21.7 Å². The molecule has 0 spiro atoms. The lowest BCUT2D eigenvalue weighted by Crippen LogP contribution is -2.25. The van der Waals surface area contributed by atoms with E-state index < -0.39 is 12.6 Å². The third-order valence-electron chi connectivity index (χ3n) is 2.16. The molecule has 90 valence electrons. The summed E-state index contributed by atoms with van der Waals surface area (Å²) in [5.74, 6) is 0.532. The second-order valence-electron chi connectivity index (χ2n) is 3.55. The van der Waals surface area contributed by atoms with Crippen LogP contribution in [0.15, 0.2) is 16.7 Å². The van der Waals surface area contributed by atoms with Crippen molar-refractivity contribution in [2.24, 2.45) is 0 Å². The molecule has 0 aromatic carbocycles. The highest BCUT2D eigenvalue weighted by molar-refractivity contribution is 9.10. The summed E-state index contributed by atoms with van der Waals surface area (Å²) in [5, 5.41) is 0. The molecule has 2 nitrogen and oxygen atoms in total. The topological polar surface area (TPSA) is 16.1 Å². The maximum atomic E-state index is 12.1. The minimum absolute atomic E-state index is 0.0987. The zero-order valence-corrected chi connectivity index (χ0v) is 10.6. The Morgan fingerprint density at radius 3 is 2.62 bits per heavy atom. The van der Waals surface area contributed by atoms with Crippen molar-refractivity contribution in [1.29, 1.82) is 0 Å². The van der Waals surface area contributed by atoms with Gasteiger partial charge in [-0.25, -0.2) is 4.98 Å². The molecule has 0 unspecified atom stereocenters. The van der Waals surface area contributed by atoms with E-state index in [1.165, 1.54) is 4.90 Å². The van der Waals surface area contributed by atoms with Gasteiger partial charge in [0.2, 0.25) is 0 Å². The summed E-state index contributed by atoms with van der Waals surface area (Å²) in [5.41, 5.74) is 0.948. The van der Waals surface area contributed by atoms with Gasteiger partial charge in [-0.3, -0.25) is 0 Å². The minimum atomic E-state index is -4.13. The Bertz CT molecular complexity index is 366. The lowest BCUT2D eigenvalue weighted by atomic mass is 10.3. The van der Waals surface area contributed by atoms with Gasteiger partial charge >= 0.3 is 6.18 Å². The van der Waals surface area contributed by atoms with Crippen LogP contribution in [-0.2, 0) is 0 Å². The summed E-state index contributed by atoms with van der Waals surface area (Å²) in [6.07, 6.45) is -3.39. The summed E-state index contributed by atoms with van der Waals surface area (Å²) in [6, 6.07) is 1.80. The average molecular weight is 297 g/mol. The summed E-state index contributed by atoms with van der Waals surface area (Å²) in [7, 11) is 1.60. The first kappa shape index (κ1) is 13.3. The van der Waals surface area contributed by atoms with E-state index in [1.54, 1.807) is 19.3 Å². The molecule has 1 aromatic rings. The molecule has 0 saturated heterocycles. The van der Waals surface area contributed by atoms with Crippen LogP contribution in [0, 0.1) is 6.92 Å². The van der Waals surface area contributed by atoms with Gasteiger partial charge in [-0.05, 0) is 34.5 Å². The zero-order valence-electron chi connectivity index (χ0n) is 8.98. The second kappa shape index (κ2) is 5.03. The van der Waals surface area contributed by atoms with Crippen molar-refractivity contribution < 1.29 is 13.2 Å². The van der Waals surface area contributed by atoms with Crippen LogP contribution >= 0.6 is 15.9 Å². The molecule has 0 amide bonds. The van der Waals surface area contributed by atoms with Gasteiger partial charge in [-0.1, -0.05) is 0 Å². The number of hydrogen-bond donors (Lipinski definition) is 0. The van der Waals surface area contributed by atoms with Crippen LogP contribution in [0.25, 0.3) is 0 Å². The lowest BCUT2D eigenvalue weighted by molar-refractivity contribution is -0.132. The SMILES string of the molecule is Cc1ccnc(N(C)CCC(F)(F)F)c1Br. The predicted octanol–water partition coefficient (Wildman–Crippen LogP) is 3.54. The smallest absolute Gasteiger partial charge is 0.358 e. The van der Waals surface area contributed by atoms with Gasteiger partial charge < -0.3 is 4.90 Å². The van der Waals surface area contributed by atoms with Crippen LogP contribution in [0.3, 0.4) is 0 Å². The van der Waals surface area contributed by atoms with Crippen LogP contribution in [-0.4, -0.2) is 24.8 Å². The maximum absolute atomic E-state index is 12.1. The standard InChI is InChI=1S/C10H12BrF3N2/c1-7-3-5-15-9(8(7)11)16(2)6-4-10(12,13)14/h3,5H,4,6H2,1-2H3. The fraction of sp³-hybridized carbons (Fsp3) is 0.500. The van der Waals surface area contributed by atoms with E-state index >= 15 is 0 Å². The molecule has 0 bridgehead atoms. The van der Waals surface area contributed by atoms with Gasteiger partial charge in [0.1, 0.15) is 5.82 Å². The number of alkyl halides is 3. The molecule has 0 N–H and O–H groups in total. The van der Waals surface area contributed by atoms with Crippen LogP contribution in [0.1, 0.15) is 12.0 Å². The summed E-state index contributed by atoms with van der Waals surface area (Å²) >= 11 is 3.32. The molecule has 0 aliphatic carbocycles. The van der Waals surface area contributed by atoms with Crippen LogP contribution in [0.5, 0.6) is 0 Å². The first-order chi connectivity index (χ1) is 7.31. The van der Waals surface area contributed by atoms with Crippen LogP contribution in [0.2, 0.25) is 0 Å². The van der Waals surface area contributed by atoms with Crippen LogP contribution < -0.4 is 4.90 Å². The summed E-state index contributed by atoms with van der Waals surface area (Å²) < 4.78 is 36.9. The van der Waals surface area contributed by atoms with E-state index in [2.05, 4.69) is 20.9 Å². The maximum Gasteiger partial charge on any atom is 0.390 e. The van der Waals surface area contributed by atoms with Crippen molar-refractivity contribution in [3.8, 4) is 0 Å². The van der Waals surface area contributed by atoms with Crippen molar-refractivity contribution in [3.05, 3.63) is 22.3 Å². The van der Waals surface area contributed by atoms with E-state index in [1.807, 2.05) is 6.92 Å². The predicted molar refractivity (Wildman–Crippen MR) is 60.6 cm³/mol. The van der Waals surface area contributed by atoms with E-state index in [0.717, 1.165) is 10.0 Å². The molecule has 6 heteroatoms. The van der Waals surface area contributed by atoms with Gasteiger partial charge in [0, 0.05) is 19.8 Å². The molecule has 0 fully saturated rings. The molecule has 1 rings (SSSR count). The van der Waals surface area contributed by atoms with E-state index in [0.29, 0.717) is 5.82 Å². The van der Waals surface area contributed by atoms with Gasteiger partial charge in [0.15, 0.2) is 0 Å². The second-order valence-corrected chi connectivity index (χ2v) is 4.35. The quantitative estimate of drug-likeness (QED) is 0.848. The van der Waals surface area contributed by atoms with Gasteiger partial charge in [-0.2, -0.15) is 13.2 Å². The fourth-order valence-corrected chi connectivity index (χ4v) is 1.73. The number of pyridine rings is 1. The third-order valence-corrected chi connectivity index (χ3v) is 3.14. The number of aromatic nitrogens is 1. The monoisotopic (exact) mass is 296 g/mol. The third kappa shape index (κ3) is 3.66. The summed E-state index contributed by atoms with van der Waals surface area (Å²) in [6.45, 7) is 1.77. The van der Waals surface area contributed by atoms with Gasteiger partial charge in [-0.15, -0.1) is 0 Å². The van der Waals surface area contributed by atoms with Gasteiger partial charge in [0.05, 0.1) is 10.9 Å². The average Bonchev–Trinajstić information content (AvgIpc) is 2.17. The number of halogens is 4. The lowest BCUT2D eigenvalue weighted by Gasteiger charge is -2.20. The van der Waals surface area contributed by atoms with Crippen molar-refractivity contribution in [2.75, 3.05) is 18.5 Å². The molecule has 1 aromatic heterocycles. The Balaban J connectivity index is 2.73. The summed E-state index contributed by atoms with van der Waals surface area (Å²) in [4.78, 5) is 5.54. The Hall–Kier alpha value is -0.780. The fourth-order valence-electron chi connectivity index (χ4n) is 1.19. The first-order valence-corrected chi connectivity index (χ1v) is 5.49. The van der Waals surface area contributed by atoms with Gasteiger partial charge in [0.25, 0.3) is 0 Å². The minimum Gasteiger partial charge on any atom is -0.358 e. The number of hydrogen-bond acceptors (Lipinski definition) is 2. The molecule has 0 aliphatic heterocycles.